The molecule has 0 unspecified atom stereocenters. The maximum atomic E-state index is 13.0. The van der Waals surface area contributed by atoms with E-state index in [1.54, 1.807) is 30.6 Å². The molecule has 1 heterocycles. The molecule has 4 aromatic rings. The SMILES string of the molecule is O=C(CSc1nccn1-c1cccc(C(=O)Nc2ccccc2)c1)Nc1ccc(F)cc1. The van der Waals surface area contributed by atoms with Crippen LogP contribution in [-0.4, -0.2) is 27.1 Å². The molecule has 3 aromatic carbocycles. The Morgan fingerprint density at radius 1 is 0.906 bits per heavy atom. The lowest BCUT2D eigenvalue weighted by Crippen LogP contribution is -2.14. The highest BCUT2D eigenvalue weighted by Gasteiger charge is 2.12. The van der Waals surface area contributed by atoms with Gasteiger partial charge < -0.3 is 10.6 Å². The van der Waals surface area contributed by atoms with Gasteiger partial charge in [0.2, 0.25) is 5.91 Å². The van der Waals surface area contributed by atoms with Crippen molar-refractivity contribution in [2.45, 2.75) is 5.16 Å². The normalized spacial score (nSPS) is 10.5. The lowest BCUT2D eigenvalue weighted by Gasteiger charge is -2.10. The second-order valence-corrected chi connectivity index (χ2v) is 7.74. The third-order valence-electron chi connectivity index (χ3n) is 4.49. The predicted octanol–water partition coefficient (Wildman–Crippen LogP) is 4.99. The number of thioether (sulfide) groups is 1. The highest BCUT2D eigenvalue weighted by Crippen LogP contribution is 2.22. The number of imidazole rings is 1. The zero-order chi connectivity index (χ0) is 22.3. The number of benzene rings is 3. The van der Waals surface area contributed by atoms with Crippen LogP contribution >= 0.6 is 11.8 Å². The monoisotopic (exact) mass is 446 g/mol. The number of carbonyl (C=O) groups is 2. The first-order valence-corrected chi connectivity index (χ1v) is 10.8. The van der Waals surface area contributed by atoms with Crippen molar-refractivity contribution in [2.24, 2.45) is 0 Å². The van der Waals surface area contributed by atoms with Gasteiger partial charge in [-0.3, -0.25) is 14.2 Å². The quantitative estimate of drug-likeness (QED) is 0.392. The van der Waals surface area contributed by atoms with Gasteiger partial charge in [0.25, 0.3) is 5.91 Å². The zero-order valence-electron chi connectivity index (χ0n) is 16.9. The van der Waals surface area contributed by atoms with Gasteiger partial charge in [-0.05, 0) is 54.6 Å². The number of nitrogens with zero attached hydrogens (tertiary/aromatic N) is 2. The highest BCUT2D eigenvalue weighted by molar-refractivity contribution is 7.99. The molecule has 160 valence electrons. The Bertz CT molecular complexity index is 1230. The number of para-hydroxylation sites is 1. The molecule has 0 aliphatic rings. The number of nitrogens with one attached hydrogen (secondary N) is 2. The van der Waals surface area contributed by atoms with E-state index in [4.69, 9.17) is 0 Å². The van der Waals surface area contributed by atoms with Crippen LogP contribution in [0.3, 0.4) is 0 Å². The lowest BCUT2D eigenvalue weighted by atomic mass is 10.2. The summed E-state index contributed by atoms with van der Waals surface area (Å²) in [5, 5.41) is 6.20. The molecule has 2 amide bonds. The minimum atomic E-state index is -0.362. The van der Waals surface area contributed by atoms with Gasteiger partial charge in [-0.25, -0.2) is 9.37 Å². The first kappa shape index (κ1) is 21.3. The van der Waals surface area contributed by atoms with Crippen molar-refractivity contribution in [3.63, 3.8) is 0 Å². The maximum absolute atomic E-state index is 13.0. The van der Waals surface area contributed by atoms with Gasteiger partial charge in [0, 0.05) is 35.0 Å². The number of anilines is 2. The summed E-state index contributed by atoms with van der Waals surface area (Å²) in [5.74, 6) is -0.681. The van der Waals surface area contributed by atoms with Gasteiger partial charge in [-0.1, -0.05) is 36.0 Å². The van der Waals surface area contributed by atoms with E-state index in [0.29, 0.717) is 22.1 Å². The fraction of sp³-hybridized carbons (Fsp3) is 0.0417. The molecule has 0 fully saturated rings. The van der Waals surface area contributed by atoms with Crippen molar-refractivity contribution in [1.29, 1.82) is 0 Å². The van der Waals surface area contributed by atoms with Crippen LogP contribution in [0.25, 0.3) is 5.69 Å². The number of aromatic nitrogens is 2. The van der Waals surface area contributed by atoms with E-state index < -0.39 is 0 Å². The molecule has 0 spiro atoms. The minimum Gasteiger partial charge on any atom is -0.325 e. The highest BCUT2D eigenvalue weighted by atomic mass is 32.2. The molecule has 0 saturated carbocycles. The van der Waals surface area contributed by atoms with Gasteiger partial charge in [0.1, 0.15) is 5.82 Å². The molecule has 1 aromatic heterocycles. The summed E-state index contributed by atoms with van der Waals surface area (Å²) in [6.45, 7) is 0. The molecule has 6 nitrogen and oxygen atoms in total. The molecule has 0 atom stereocenters. The van der Waals surface area contributed by atoms with Crippen LogP contribution in [0.4, 0.5) is 15.8 Å². The molecule has 0 bridgehead atoms. The number of carbonyl (C=O) groups excluding carboxylic acids is 2. The summed E-state index contributed by atoms with van der Waals surface area (Å²) < 4.78 is 14.8. The zero-order valence-corrected chi connectivity index (χ0v) is 17.7. The number of halogens is 1. The summed E-state index contributed by atoms with van der Waals surface area (Å²) in [4.78, 5) is 29.2. The van der Waals surface area contributed by atoms with E-state index in [1.165, 1.54) is 36.0 Å². The predicted molar refractivity (Wildman–Crippen MR) is 124 cm³/mol. The van der Waals surface area contributed by atoms with Crippen molar-refractivity contribution in [1.82, 2.24) is 9.55 Å². The molecule has 0 saturated heterocycles. The average Bonchev–Trinajstić information content (AvgIpc) is 3.29. The van der Waals surface area contributed by atoms with E-state index in [2.05, 4.69) is 15.6 Å². The maximum Gasteiger partial charge on any atom is 0.255 e. The standard InChI is InChI=1S/C24H19FN4O2S/c25-18-9-11-20(12-10-18)27-22(30)16-32-24-26-13-14-29(24)21-8-4-5-17(15-21)23(31)28-19-6-2-1-3-7-19/h1-15H,16H2,(H,27,30)(H,28,31). The number of hydrogen-bond acceptors (Lipinski definition) is 4. The molecule has 0 radical (unpaired) electrons. The molecule has 0 aliphatic heterocycles. The Kier molecular flexibility index (Phi) is 6.62. The summed E-state index contributed by atoms with van der Waals surface area (Å²) in [6.07, 6.45) is 3.41. The van der Waals surface area contributed by atoms with E-state index in [-0.39, 0.29) is 23.4 Å². The van der Waals surface area contributed by atoms with Gasteiger partial charge in [0.15, 0.2) is 5.16 Å². The van der Waals surface area contributed by atoms with E-state index in [0.717, 1.165) is 5.69 Å². The fourth-order valence-electron chi connectivity index (χ4n) is 2.98. The Labute approximate surface area is 188 Å². The second-order valence-electron chi connectivity index (χ2n) is 6.79. The van der Waals surface area contributed by atoms with Crippen LogP contribution in [-0.2, 0) is 4.79 Å². The van der Waals surface area contributed by atoms with Crippen molar-refractivity contribution in [3.05, 3.63) is 103 Å². The van der Waals surface area contributed by atoms with E-state index in [1.807, 2.05) is 41.0 Å². The van der Waals surface area contributed by atoms with Crippen molar-refractivity contribution >= 4 is 35.0 Å². The molecule has 4 rings (SSSR count). The van der Waals surface area contributed by atoms with Gasteiger partial charge in [0.05, 0.1) is 5.75 Å². The Hall–Kier alpha value is -3.91. The van der Waals surface area contributed by atoms with Crippen LogP contribution < -0.4 is 10.6 Å². The Morgan fingerprint density at radius 2 is 1.66 bits per heavy atom. The number of amides is 2. The van der Waals surface area contributed by atoms with Crippen LogP contribution in [0.5, 0.6) is 0 Å². The first-order chi connectivity index (χ1) is 15.6. The molecule has 0 aliphatic carbocycles. The van der Waals surface area contributed by atoms with Crippen molar-refractivity contribution < 1.29 is 14.0 Å². The largest absolute Gasteiger partial charge is 0.325 e. The van der Waals surface area contributed by atoms with E-state index in [9.17, 15) is 14.0 Å². The molecule has 32 heavy (non-hydrogen) atoms. The van der Waals surface area contributed by atoms with Crippen LogP contribution in [0.2, 0.25) is 0 Å². The average molecular weight is 447 g/mol. The van der Waals surface area contributed by atoms with Gasteiger partial charge in [-0.2, -0.15) is 0 Å². The molecule has 2 N–H and O–H groups in total. The number of rotatable bonds is 7. The Balaban J connectivity index is 1.42. The van der Waals surface area contributed by atoms with E-state index >= 15 is 0 Å². The first-order valence-electron chi connectivity index (χ1n) is 9.77. The van der Waals surface area contributed by atoms with Crippen LogP contribution in [0.15, 0.2) is 96.4 Å². The Morgan fingerprint density at radius 3 is 2.44 bits per heavy atom. The lowest BCUT2D eigenvalue weighted by molar-refractivity contribution is -0.113. The third kappa shape index (κ3) is 5.41. The minimum absolute atomic E-state index is 0.128. The molecular formula is C24H19FN4O2S. The summed E-state index contributed by atoms with van der Waals surface area (Å²) in [6, 6.07) is 22.0. The van der Waals surface area contributed by atoms with Gasteiger partial charge >= 0.3 is 0 Å². The van der Waals surface area contributed by atoms with Crippen molar-refractivity contribution in [3.8, 4) is 5.69 Å². The molecular weight excluding hydrogens is 427 g/mol. The fourth-order valence-corrected chi connectivity index (χ4v) is 3.75. The van der Waals surface area contributed by atoms with Crippen molar-refractivity contribution in [2.75, 3.05) is 16.4 Å². The second kappa shape index (κ2) is 9.93. The summed E-state index contributed by atoms with van der Waals surface area (Å²) in [5.41, 5.74) is 2.50. The third-order valence-corrected chi connectivity index (χ3v) is 5.45. The van der Waals surface area contributed by atoms with Crippen LogP contribution in [0.1, 0.15) is 10.4 Å². The summed E-state index contributed by atoms with van der Waals surface area (Å²) >= 11 is 1.26. The smallest absolute Gasteiger partial charge is 0.255 e. The summed E-state index contributed by atoms with van der Waals surface area (Å²) in [7, 11) is 0. The molecule has 8 heteroatoms. The van der Waals surface area contributed by atoms with Gasteiger partial charge in [-0.15, -0.1) is 0 Å². The van der Waals surface area contributed by atoms with Crippen LogP contribution in [0, 0.1) is 5.82 Å². The number of hydrogen-bond donors (Lipinski definition) is 2. The topological polar surface area (TPSA) is 76.0 Å².